The molecule has 110 valence electrons. The fraction of sp³-hybridized carbons (Fsp3) is 0.200. The highest BCUT2D eigenvalue weighted by Crippen LogP contribution is 2.26. The number of rotatable bonds is 4. The van der Waals surface area contributed by atoms with E-state index < -0.39 is 0 Å². The molecule has 0 bridgehead atoms. The average Bonchev–Trinajstić information content (AvgIpc) is 2.88. The van der Waals surface area contributed by atoms with E-state index in [9.17, 15) is 9.59 Å². The highest BCUT2D eigenvalue weighted by molar-refractivity contribution is 6.35. The van der Waals surface area contributed by atoms with Gasteiger partial charge in [0.25, 0.3) is 5.91 Å². The minimum absolute atomic E-state index is 0.0981. The second-order valence-electron chi connectivity index (χ2n) is 4.72. The molecular formula is C15H14Cl2N2O2. The predicted molar refractivity (Wildman–Crippen MR) is 83.1 cm³/mol. The molecule has 0 saturated carbocycles. The van der Waals surface area contributed by atoms with E-state index in [4.69, 9.17) is 23.2 Å². The Labute approximate surface area is 132 Å². The molecule has 0 aliphatic carbocycles. The van der Waals surface area contributed by atoms with E-state index in [1.807, 2.05) is 6.92 Å². The summed E-state index contributed by atoms with van der Waals surface area (Å²) in [4.78, 5) is 26.1. The monoisotopic (exact) mass is 324 g/mol. The second-order valence-corrected chi connectivity index (χ2v) is 5.56. The zero-order chi connectivity index (χ0) is 15.6. The number of benzene rings is 1. The van der Waals surface area contributed by atoms with E-state index >= 15 is 0 Å². The smallest absolute Gasteiger partial charge is 0.268 e. The number of Topliss-reactive ketones (excluding diaryl/α,β-unsaturated/α-hetero) is 1. The van der Waals surface area contributed by atoms with Crippen molar-refractivity contribution in [2.24, 2.45) is 0 Å². The molecule has 0 fully saturated rings. The summed E-state index contributed by atoms with van der Waals surface area (Å²) in [5.41, 5.74) is 1.57. The lowest BCUT2D eigenvalue weighted by Crippen LogP contribution is -2.27. The number of nitrogens with one attached hydrogen (secondary N) is 2. The second kappa shape index (κ2) is 6.33. The number of carbonyl (C=O) groups excluding carboxylic acids is 2. The number of hydrogen-bond acceptors (Lipinski definition) is 2. The number of aromatic nitrogens is 1. The lowest BCUT2D eigenvalue weighted by atomic mass is 10.1. The Morgan fingerprint density at radius 3 is 2.52 bits per heavy atom. The highest BCUT2D eigenvalue weighted by atomic mass is 35.5. The SMILES string of the molecule is CC(=O)c1c[nH]c(C(=O)N[C@@H](C)c2ccc(Cl)cc2Cl)c1. The molecule has 4 nitrogen and oxygen atoms in total. The molecule has 1 aromatic carbocycles. The van der Waals surface area contributed by atoms with Crippen molar-refractivity contribution in [2.75, 3.05) is 0 Å². The molecule has 0 radical (unpaired) electrons. The number of aromatic amines is 1. The summed E-state index contributed by atoms with van der Waals surface area (Å²) < 4.78 is 0. The third-order valence-corrected chi connectivity index (χ3v) is 3.67. The van der Waals surface area contributed by atoms with Gasteiger partial charge in [0.1, 0.15) is 5.69 Å². The maximum atomic E-state index is 12.1. The molecule has 0 unspecified atom stereocenters. The summed E-state index contributed by atoms with van der Waals surface area (Å²) in [6.07, 6.45) is 1.51. The zero-order valence-corrected chi connectivity index (χ0v) is 13.0. The lowest BCUT2D eigenvalue weighted by molar-refractivity contribution is 0.0935. The van der Waals surface area contributed by atoms with Crippen LogP contribution in [0.4, 0.5) is 0 Å². The molecule has 1 heterocycles. The van der Waals surface area contributed by atoms with Crippen molar-refractivity contribution in [3.8, 4) is 0 Å². The van der Waals surface area contributed by atoms with E-state index in [1.165, 1.54) is 19.2 Å². The van der Waals surface area contributed by atoms with Gasteiger partial charge in [0.15, 0.2) is 5.78 Å². The number of ketones is 1. The van der Waals surface area contributed by atoms with E-state index in [-0.39, 0.29) is 17.7 Å². The summed E-state index contributed by atoms with van der Waals surface area (Å²) in [5.74, 6) is -0.403. The first-order valence-electron chi connectivity index (χ1n) is 6.33. The topological polar surface area (TPSA) is 62.0 Å². The van der Waals surface area contributed by atoms with Gasteiger partial charge in [0.2, 0.25) is 0 Å². The normalized spacial score (nSPS) is 12.0. The molecule has 2 N–H and O–H groups in total. The molecule has 0 aliphatic rings. The van der Waals surface area contributed by atoms with Crippen LogP contribution >= 0.6 is 23.2 Å². The highest BCUT2D eigenvalue weighted by Gasteiger charge is 2.16. The van der Waals surface area contributed by atoms with Gasteiger partial charge in [-0.3, -0.25) is 9.59 Å². The summed E-state index contributed by atoms with van der Waals surface area (Å²) in [7, 11) is 0. The maximum Gasteiger partial charge on any atom is 0.268 e. The van der Waals surface area contributed by atoms with Crippen LogP contribution < -0.4 is 5.32 Å². The van der Waals surface area contributed by atoms with Crippen LogP contribution in [0.2, 0.25) is 10.0 Å². The predicted octanol–water partition coefficient (Wildman–Crippen LogP) is 4.02. The van der Waals surface area contributed by atoms with Crippen LogP contribution in [0.25, 0.3) is 0 Å². The molecule has 1 atom stereocenters. The Bertz CT molecular complexity index is 695. The van der Waals surface area contributed by atoms with Gasteiger partial charge in [0, 0.05) is 21.8 Å². The zero-order valence-electron chi connectivity index (χ0n) is 11.5. The van der Waals surface area contributed by atoms with E-state index in [2.05, 4.69) is 10.3 Å². The first kappa shape index (κ1) is 15.6. The van der Waals surface area contributed by atoms with Crippen LogP contribution in [0, 0.1) is 0 Å². The Balaban J connectivity index is 2.12. The number of hydrogen-bond donors (Lipinski definition) is 2. The van der Waals surface area contributed by atoms with Crippen molar-refractivity contribution in [2.45, 2.75) is 19.9 Å². The standard InChI is InChI=1S/C15H14Cl2N2O2/c1-8(12-4-3-11(16)6-13(12)17)19-15(21)14-5-10(7-18-14)9(2)20/h3-8,18H,1-2H3,(H,19,21)/t8-/m0/s1. The van der Waals surface area contributed by atoms with Gasteiger partial charge < -0.3 is 10.3 Å². The first-order valence-corrected chi connectivity index (χ1v) is 7.09. The first-order chi connectivity index (χ1) is 9.88. The minimum atomic E-state index is -0.305. The molecule has 0 spiro atoms. The Hall–Kier alpha value is -1.78. The molecule has 1 amide bonds. The number of H-pyrrole nitrogens is 1. The molecule has 2 aromatic rings. The van der Waals surface area contributed by atoms with Crippen molar-refractivity contribution in [3.05, 3.63) is 57.3 Å². The van der Waals surface area contributed by atoms with Gasteiger partial charge in [-0.15, -0.1) is 0 Å². The number of halogens is 2. The molecule has 2 rings (SSSR count). The Morgan fingerprint density at radius 1 is 1.24 bits per heavy atom. The summed E-state index contributed by atoms with van der Waals surface area (Å²) in [6.45, 7) is 3.27. The third-order valence-electron chi connectivity index (χ3n) is 3.11. The molecule has 21 heavy (non-hydrogen) atoms. The minimum Gasteiger partial charge on any atom is -0.356 e. The van der Waals surface area contributed by atoms with Gasteiger partial charge in [-0.2, -0.15) is 0 Å². The van der Waals surface area contributed by atoms with Crippen molar-refractivity contribution < 1.29 is 9.59 Å². The molecular weight excluding hydrogens is 311 g/mol. The van der Waals surface area contributed by atoms with Gasteiger partial charge in [-0.25, -0.2) is 0 Å². The van der Waals surface area contributed by atoms with Gasteiger partial charge in [-0.05, 0) is 37.6 Å². The summed E-state index contributed by atoms with van der Waals surface area (Å²) in [5, 5.41) is 3.85. The van der Waals surface area contributed by atoms with Crippen molar-refractivity contribution >= 4 is 34.9 Å². The van der Waals surface area contributed by atoms with Crippen molar-refractivity contribution in [1.29, 1.82) is 0 Å². The van der Waals surface area contributed by atoms with Crippen LogP contribution in [-0.4, -0.2) is 16.7 Å². The molecule has 0 aliphatic heterocycles. The third kappa shape index (κ3) is 3.65. The largest absolute Gasteiger partial charge is 0.356 e. The molecule has 1 aromatic heterocycles. The van der Waals surface area contributed by atoms with Crippen LogP contribution in [0.3, 0.4) is 0 Å². The van der Waals surface area contributed by atoms with Crippen LogP contribution in [0.1, 0.15) is 46.3 Å². The number of amides is 1. The fourth-order valence-corrected chi connectivity index (χ4v) is 2.51. The van der Waals surface area contributed by atoms with Gasteiger partial charge in [-0.1, -0.05) is 29.3 Å². The molecule has 0 saturated heterocycles. The van der Waals surface area contributed by atoms with Crippen LogP contribution in [0.5, 0.6) is 0 Å². The van der Waals surface area contributed by atoms with E-state index in [1.54, 1.807) is 18.2 Å². The molecule has 6 heteroatoms. The fourth-order valence-electron chi connectivity index (χ4n) is 1.93. The summed E-state index contributed by atoms with van der Waals surface area (Å²) in [6, 6.07) is 6.35. The van der Waals surface area contributed by atoms with E-state index in [0.29, 0.717) is 21.3 Å². The van der Waals surface area contributed by atoms with Crippen LogP contribution in [-0.2, 0) is 0 Å². The number of carbonyl (C=O) groups is 2. The van der Waals surface area contributed by atoms with E-state index in [0.717, 1.165) is 5.56 Å². The van der Waals surface area contributed by atoms with Crippen molar-refractivity contribution in [3.63, 3.8) is 0 Å². The van der Waals surface area contributed by atoms with Gasteiger partial charge in [0.05, 0.1) is 6.04 Å². The van der Waals surface area contributed by atoms with Crippen LogP contribution in [0.15, 0.2) is 30.5 Å². The van der Waals surface area contributed by atoms with Gasteiger partial charge >= 0.3 is 0 Å². The Morgan fingerprint density at radius 2 is 1.95 bits per heavy atom. The quantitative estimate of drug-likeness (QED) is 0.834. The maximum absolute atomic E-state index is 12.1. The lowest BCUT2D eigenvalue weighted by Gasteiger charge is -2.15. The Kier molecular flexibility index (Phi) is 4.70. The summed E-state index contributed by atoms with van der Waals surface area (Å²) >= 11 is 12.0. The average molecular weight is 325 g/mol. The van der Waals surface area contributed by atoms with Crippen molar-refractivity contribution in [1.82, 2.24) is 10.3 Å².